The number of halogens is 3. The van der Waals surface area contributed by atoms with Crippen molar-refractivity contribution in [1.82, 2.24) is 24.3 Å². The highest BCUT2D eigenvalue weighted by atomic mass is 35.5. The lowest BCUT2D eigenvalue weighted by Crippen LogP contribution is -2.46. The number of H-pyrrole nitrogens is 1. The van der Waals surface area contributed by atoms with Crippen molar-refractivity contribution in [2.24, 2.45) is 0 Å². The zero-order chi connectivity index (χ0) is 28.4. The van der Waals surface area contributed by atoms with Crippen LogP contribution in [0.5, 0.6) is 0 Å². The quantitative estimate of drug-likeness (QED) is 0.306. The van der Waals surface area contributed by atoms with Crippen LogP contribution in [0, 0.1) is 29.9 Å². The van der Waals surface area contributed by atoms with Crippen LogP contribution < -0.4 is 0 Å². The van der Waals surface area contributed by atoms with E-state index in [0.29, 0.717) is 36.6 Å². The van der Waals surface area contributed by atoms with E-state index < -0.39 is 29.7 Å². The molecule has 5 rings (SSSR count). The van der Waals surface area contributed by atoms with Crippen LogP contribution in [0.4, 0.5) is 13.6 Å². The Morgan fingerprint density at radius 1 is 1.35 bits per heavy atom. The number of rotatable bonds is 7. The number of morpholine rings is 1. The van der Waals surface area contributed by atoms with Crippen molar-refractivity contribution in [3.8, 4) is 28.7 Å². The number of nitriles is 1. The minimum absolute atomic E-state index is 0.151. The van der Waals surface area contributed by atoms with E-state index in [1.54, 1.807) is 15.5 Å². The molecule has 0 aliphatic carbocycles. The number of fused-ring (bicyclic) bond motifs is 1. The Morgan fingerprint density at radius 3 is 2.83 bits per heavy atom. The van der Waals surface area contributed by atoms with E-state index in [9.17, 15) is 10.1 Å². The molecule has 208 valence electrons. The van der Waals surface area contributed by atoms with Crippen molar-refractivity contribution in [3.05, 3.63) is 65.2 Å². The number of pyridine rings is 1. The van der Waals surface area contributed by atoms with Crippen LogP contribution in [0.1, 0.15) is 29.3 Å². The van der Waals surface area contributed by atoms with Gasteiger partial charge in [-0.05, 0) is 43.2 Å². The number of amides is 1. The third-order valence-corrected chi connectivity index (χ3v) is 7.17. The van der Waals surface area contributed by atoms with Gasteiger partial charge in [0.05, 0.1) is 61.0 Å². The Balaban J connectivity index is 1.53. The third kappa shape index (κ3) is 5.37. The number of carbonyl (C=O) groups is 1. The highest BCUT2D eigenvalue weighted by molar-refractivity contribution is 6.17. The first kappa shape index (κ1) is 27.6. The fraction of sp³-hybridized carbons (Fsp3) is 0.357. The van der Waals surface area contributed by atoms with Crippen molar-refractivity contribution in [3.63, 3.8) is 0 Å². The SMILES string of the molecule is COC(=O)N1CCO[C@@H](Cc2c(-c3c(F)cc(-c4ncc(C(C#N)CCCl)[nH]4)cc3F)nc3cc(C)ccn23)C1. The largest absolute Gasteiger partial charge is 0.453 e. The molecule has 1 saturated heterocycles. The number of alkyl halides is 1. The number of nitrogens with one attached hydrogen (secondary N) is 1. The van der Waals surface area contributed by atoms with E-state index in [1.165, 1.54) is 25.4 Å². The first-order valence-corrected chi connectivity index (χ1v) is 13.3. The van der Waals surface area contributed by atoms with Crippen LogP contribution >= 0.6 is 11.6 Å². The molecule has 0 saturated carbocycles. The summed E-state index contributed by atoms with van der Waals surface area (Å²) in [6.07, 6.45) is 3.06. The normalized spacial score (nSPS) is 16.2. The van der Waals surface area contributed by atoms with Gasteiger partial charge in [0.25, 0.3) is 0 Å². The lowest BCUT2D eigenvalue weighted by molar-refractivity contribution is -0.0241. The zero-order valence-corrected chi connectivity index (χ0v) is 22.7. The Hall–Kier alpha value is -4.01. The van der Waals surface area contributed by atoms with Crippen LogP contribution in [0.2, 0.25) is 0 Å². The molecule has 2 atom stereocenters. The van der Waals surface area contributed by atoms with Crippen molar-refractivity contribution in [2.75, 3.05) is 32.7 Å². The monoisotopic (exact) mass is 568 g/mol. The van der Waals surface area contributed by atoms with Gasteiger partial charge in [0.1, 0.15) is 23.1 Å². The van der Waals surface area contributed by atoms with E-state index in [-0.39, 0.29) is 41.5 Å². The van der Waals surface area contributed by atoms with Gasteiger partial charge >= 0.3 is 6.09 Å². The van der Waals surface area contributed by atoms with Gasteiger partial charge in [-0.3, -0.25) is 0 Å². The smallest absolute Gasteiger partial charge is 0.409 e. The number of aryl methyl sites for hydroxylation is 1. The van der Waals surface area contributed by atoms with Gasteiger partial charge in [0, 0.05) is 36.8 Å². The average Bonchev–Trinajstić information content (AvgIpc) is 3.56. The topological polar surface area (TPSA) is 109 Å². The second-order valence-corrected chi connectivity index (χ2v) is 9.99. The van der Waals surface area contributed by atoms with E-state index in [0.717, 1.165) is 5.56 Å². The van der Waals surface area contributed by atoms with Crippen molar-refractivity contribution < 1.29 is 23.0 Å². The van der Waals surface area contributed by atoms with Gasteiger partial charge in [-0.25, -0.2) is 23.5 Å². The van der Waals surface area contributed by atoms with Gasteiger partial charge in [0.2, 0.25) is 0 Å². The minimum Gasteiger partial charge on any atom is -0.453 e. The summed E-state index contributed by atoms with van der Waals surface area (Å²) >= 11 is 5.78. The predicted octanol–water partition coefficient (Wildman–Crippen LogP) is 5.22. The summed E-state index contributed by atoms with van der Waals surface area (Å²) < 4.78 is 44.0. The molecule has 1 N–H and O–H groups in total. The highest BCUT2D eigenvalue weighted by Gasteiger charge is 2.29. The number of methoxy groups -OCH3 is 1. The molecule has 4 heterocycles. The summed E-state index contributed by atoms with van der Waals surface area (Å²) in [7, 11) is 1.32. The summed E-state index contributed by atoms with van der Waals surface area (Å²) in [5.41, 5.74) is 2.62. The van der Waals surface area contributed by atoms with Crippen molar-refractivity contribution in [2.45, 2.75) is 31.8 Å². The first-order chi connectivity index (χ1) is 19.3. The molecule has 4 aromatic rings. The fourth-order valence-electron chi connectivity index (χ4n) is 4.94. The molecule has 12 heteroatoms. The van der Waals surface area contributed by atoms with Crippen molar-refractivity contribution >= 4 is 23.3 Å². The van der Waals surface area contributed by atoms with Crippen LogP contribution in [-0.2, 0) is 15.9 Å². The molecule has 40 heavy (non-hydrogen) atoms. The standard InChI is InChI=1S/C28H27ClF2N6O3/c1-16-4-6-37-23(12-19-15-36(7-8-40-19)28(38)39-2)26(35-24(37)9-16)25-20(30)10-18(11-21(25)31)27-33-14-22(34-27)17(13-32)3-5-29/h4,6,9-11,14,17,19H,3,5,7-8,12,15H2,1-2H3,(H,33,34)/t17?,19-/m0/s1. The Morgan fingerprint density at radius 2 is 2.12 bits per heavy atom. The minimum atomic E-state index is -0.812. The van der Waals surface area contributed by atoms with E-state index in [2.05, 4.69) is 21.0 Å². The summed E-state index contributed by atoms with van der Waals surface area (Å²) in [4.78, 5) is 25.4. The number of carbonyl (C=O) groups excluding carboxylic acids is 1. The van der Waals surface area contributed by atoms with E-state index in [1.807, 2.05) is 19.1 Å². The van der Waals surface area contributed by atoms with Gasteiger partial charge in [0.15, 0.2) is 0 Å². The fourth-order valence-corrected chi connectivity index (χ4v) is 5.16. The summed E-state index contributed by atoms with van der Waals surface area (Å²) in [5.74, 6) is -1.61. The number of aromatic amines is 1. The van der Waals surface area contributed by atoms with E-state index >= 15 is 8.78 Å². The van der Waals surface area contributed by atoms with Crippen LogP contribution in [0.15, 0.2) is 36.7 Å². The molecule has 1 unspecified atom stereocenters. The number of imidazole rings is 2. The molecule has 9 nitrogen and oxygen atoms in total. The maximum absolute atomic E-state index is 15.7. The molecule has 0 spiro atoms. The number of hydrogen-bond donors (Lipinski definition) is 1. The molecule has 1 aliphatic heterocycles. The predicted molar refractivity (Wildman–Crippen MR) is 144 cm³/mol. The lowest BCUT2D eigenvalue weighted by Gasteiger charge is -2.32. The van der Waals surface area contributed by atoms with Crippen LogP contribution in [0.25, 0.3) is 28.3 Å². The molecular formula is C28H27ClF2N6O3. The Labute approximate surface area is 234 Å². The zero-order valence-electron chi connectivity index (χ0n) is 22.0. The Kier molecular flexibility index (Phi) is 8.00. The summed E-state index contributed by atoms with van der Waals surface area (Å²) in [6, 6.07) is 8.25. The number of nitrogens with zero attached hydrogens (tertiary/aromatic N) is 5. The maximum Gasteiger partial charge on any atom is 0.409 e. The van der Waals surface area contributed by atoms with Gasteiger partial charge in [-0.2, -0.15) is 5.26 Å². The average molecular weight is 569 g/mol. The first-order valence-electron chi connectivity index (χ1n) is 12.7. The molecule has 1 amide bonds. The third-order valence-electron chi connectivity index (χ3n) is 6.95. The Bertz CT molecular complexity index is 1570. The number of ether oxygens (including phenoxy) is 2. The molecule has 1 fully saturated rings. The second-order valence-electron chi connectivity index (χ2n) is 9.61. The highest BCUT2D eigenvalue weighted by Crippen LogP contribution is 2.34. The number of hydrogen-bond acceptors (Lipinski definition) is 6. The molecule has 1 aliphatic rings. The van der Waals surface area contributed by atoms with E-state index in [4.69, 9.17) is 21.1 Å². The van der Waals surface area contributed by atoms with Gasteiger partial charge < -0.3 is 23.8 Å². The molecule has 0 bridgehead atoms. The molecule has 3 aromatic heterocycles. The molecule has 1 aromatic carbocycles. The number of aromatic nitrogens is 4. The molecular weight excluding hydrogens is 542 g/mol. The summed E-state index contributed by atoms with van der Waals surface area (Å²) in [6.45, 7) is 2.88. The lowest BCUT2D eigenvalue weighted by atomic mass is 10.0. The second kappa shape index (κ2) is 11.6. The van der Waals surface area contributed by atoms with Crippen molar-refractivity contribution in [1.29, 1.82) is 5.26 Å². The van der Waals surface area contributed by atoms with Gasteiger partial charge in [-0.1, -0.05) is 0 Å². The van der Waals surface area contributed by atoms with Gasteiger partial charge in [-0.15, -0.1) is 11.6 Å². The maximum atomic E-state index is 15.7. The summed E-state index contributed by atoms with van der Waals surface area (Å²) in [5, 5.41) is 9.40. The van der Waals surface area contributed by atoms with Crippen LogP contribution in [-0.4, -0.2) is 69.1 Å². The number of benzene rings is 1. The van der Waals surface area contributed by atoms with Crippen LogP contribution in [0.3, 0.4) is 0 Å². The molecule has 0 radical (unpaired) electrons.